The minimum absolute atomic E-state index is 0.0609. The number of halogens is 2. The zero-order chi connectivity index (χ0) is 15.2. The summed E-state index contributed by atoms with van der Waals surface area (Å²) < 4.78 is 25.8. The van der Waals surface area contributed by atoms with Crippen LogP contribution in [0.4, 0.5) is 8.78 Å². The predicted molar refractivity (Wildman–Crippen MR) is 75.8 cm³/mol. The Morgan fingerprint density at radius 2 is 2.05 bits per heavy atom. The molecule has 108 valence electrons. The van der Waals surface area contributed by atoms with Gasteiger partial charge in [0.1, 0.15) is 6.61 Å². The maximum atomic E-state index is 13.0. The van der Waals surface area contributed by atoms with Crippen molar-refractivity contribution in [1.82, 2.24) is 5.32 Å². The molecule has 0 aliphatic carbocycles. The standard InChI is InChI=1S/C15H11F2NO2S/c16-13-6-3-10(8-14(13)17)15(20)18-9-12-5-4-11(21-12)2-1-7-19/h3-6,8,19H,7,9H2,(H,18,20). The minimum Gasteiger partial charge on any atom is -0.384 e. The number of carbonyl (C=O) groups is 1. The lowest BCUT2D eigenvalue weighted by atomic mass is 10.2. The lowest BCUT2D eigenvalue weighted by molar-refractivity contribution is 0.0950. The molecule has 0 saturated heterocycles. The normalized spacial score (nSPS) is 9.86. The molecule has 0 unspecified atom stereocenters. The second-order valence-electron chi connectivity index (χ2n) is 4.04. The molecule has 0 atom stereocenters. The quantitative estimate of drug-likeness (QED) is 0.855. The van der Waals surface area contributed by atoms with Crippen molar-refractivity contribution < 1.29 is 18.7 Å². The van der Waals surface area contributed by atoms with Crippen LogP contribution in [0.25, 0.3) is 0 Å². The van der Waals surface area contributed by atoms with Gasteiger partial charge in [-0.1, -0.05) is 11.8 Å². The maximum absolute atomic E-state index is 13.0. The van der Waals surface area contributed by atoms with Crippen LogP contribution in [0.15, 0.2) is 30.3 Å². The molecule has 0 bridgehead atoms. The first-order valence-corrected chi connectivity index (χ1v) is 6.83. The van der Waals surface area contributed by atoms with E-state index >= 15 is 0 Å². The van der Waals surface area contributed by atoms with E-state index in [0.717, 1.165) is 21.9 Å². The molecule has 0 aliphatic rings. The molecule has 0 aliphatic heterocycles. The van der Waals surface area contributed by atoms with E-state index in [-0.39, 0.29) is 18.7 Å². The maximum Gasteiger partial charge on any atom is 0.251 e. The van der Waals surface area contributed by atoms with E-state index in [4.69, 9.17) is 5.11 Å². The molecule has 2 N–H and O–H groups in total. The summed E-state index contributed by atoms with van der Waals surface area (Å²) in [7, 11) is 0. The van der Waals surface area contributed by atoms with Crippen LogP contribution in [0, 0.1) is 23.5 Å². The molecule has 1 heterocycles. The Morgan fingerprint density at radius 3 is 2.76 bits per heavy atom. The molecule has 3 nitrogen and oxygen atoms in total. The van der Waals surface area contributed by atoms with E-state index in [1.807, 2.05) is 0 Å². The summed E-state index contributed by atoms with van der Waals surface area (Å²) in [5, 5.41) is 11.2. The summed E-state index contributed by atoms with van der Waals surface area (Å²) in [5.41, 5.74) is 0.0609. The monoisotopic (exact) mass is 307 g/mol. The summed E-state index contributed by atoms with van der Waals surface area (Å²) >= 11 is 1.38. The smallest absolute Gasteiger partial charge is 0.251 e. The molecule has 1 amide bonds. The van der Waals surface area contributed by atoms with Crippen molar-refractivity contribution in [3.63, 3.8) is 0 Å². The fourth-order valence-electron chi connectivity index (χ4n) is 1.57. The number of benzene rings is 1. The lowest BCUT2D eigenvalue weighted by Crippen LogP contribution is -2.22. The highest BCUT2D eigenvalue weighted by molar-refractivity contribution is 7.12. The second kappa shape index (κ2) is 6.97. The molecule has 0 saturated carbocycles. The van der Waals surface area contributed by atoms with E-state index in [0.29, 0.717) is 0 Å². The van der Waals surface area contributed by atoms with Gasteiger partial charge in [0.25, 0.3) is 5.91 Å². The Kier molecular flexibility index (Phi) is 5.04. The van der Waals surface area contributed by atoms with Crippen LogP contribution in [-0.4, -0.2) is 17.6 Å². The number of hydrogen-bond donors (Lipinski definition) is 2. The van der Waals surface area contributed by atoms with Crippen LogP contribution in [0.3, 0.4) is 0 Å². The highest BCUT2D eigenvalue weighted by Gasteiger charge is 2.09. The number of carbonyl (C=O) groups excluding carboxylic acids is 1. The summed E-state index contributed by atoms with van der Waals surface area (Å²) in [6.45, 7) is 0.0589. The molecule has 0 fully saturated rings. The number of aliphatic hydroxyl groups excluding tert-OH is 1. The van der Waals surface area contributed by atoms with Crippen molar-refractivity contribution in [3.05, 3.63) is 57.3 Å². The first kappa shape index (κ1) is 15.2. The molecular formula is C15H11F2NO2S. The van der Waals surface area contributed by atoms with Gasteiger partial charge in [-0.2, -0.15) is 0 Å². The van der Waals surface area contributed by atoms with E-state index in [1.165, 1.54) is 17.4 Å². The first-order valence-electron chi connectivity index (χ1n) is 6.02. The van der Waals surface area contributed by atoms with Crippen molar-refractivity contribution in [3.8, 4) is 11.8 Å². The number of rotatable bonds is 3. The Bertz CT molecular complexity index is 716. The molecule has 2 aromatic rings. The molecule has 0 spiro atoms. The number of nitrogens with one attached hydrogen (secondary N) is 1. The van der Waals surface area contributed by atoms with Crippen LogP contribution in [0.1, 0.15) is 20.1 Å². The SMILES string of the molecule is O=C(NCc1ccc(C#CCO)s1)c1ccc(F)c(F)c1. The van der Waals surface area contributed by atoms with Gasteiger partial charge < -0.3 is 10.4 Å². The van der Waals surface area contributed by atoms with Crippen LogP contribution in [-0.2, 0) is 6.54 Å². The van der Waals surface area contributed by atoms with Crippen LogP contribution in [0.5, 0.6) is 0 Å². The van der Waals surface area contributed by atoms with Gasteiger partial charge in [0.05, 0.1) is 11.4 Å². The van der Waals surface area contributed by atoms with Crippen LogP contribution < -0.4 is 5.32 Å². The van der Waals surface area contributed by atoms with Crippen molar-refractivity contribution in [2.24, 2.45) is 0 Å². The molecular weight excluding hydrogens is 296 g/mol. The van der Waals surface area contributed by atoms with Gasteiger partial charge >= 0.3 is 0 Å². The zero-order valence-electron chi connectivity index (χ0n) is 10.8. The van der Waals surface area contributed by atoms with Crippen molar-refractivity contribution >= 4 is 17.2 Å². The van der Waals surface area contributed by atoms with Gasteiger partial charge in [-0.3, -0.25) is 4.79 Å². The van der Waals surface area contributed by atoms with Crippen molar-refractivity contribution in [2.45, 2.75) is 6.54 Å². The average molecular weight is 307 g/mol. The van der Waals surface area contributed by atoms with Crippen LogP contribution >= 0.6 is 11.3 Å². The van der Waals surface area contributed by atoms with Crippen molar-refractivity contribution in [2.75, 3.05) is 6.61 Å². The molecule has 1 aromatic heterocycles. The molecule has 2 rings (SSSR count). The van der Waals surface area contributed by atoms with Crippen LogP contribution in [0.2, 0.25) is 0 Å². The third-order valence-electron chi connectivity index (χ3n) is 2.56. The summed E-state index contributed by atoms with van der Waals surface area (Å²) in [4.78, 5) is 13.5. The fraction of sp³-hybridized carbons (Fsp3) is 0.133. The second-order valence-corrected chi connectivity index (χ2v) is 5.21. The zero-order valence-corrected chi connectivity index (χ0v) is 11.6. The third kappa shape index (κ3) is 4.12. The van der Waals surface area contributed by atoms with E-state index < -0.39 is 17.5 Å². The van der Waals surface area contributed by atoms with Gasteiger partial charge in [-0.15, -0.1) is 11.3 Å². The number of thiophene rings is 1. The Labute approximate surface area is 124 Å². The van der Waals surface area contributed by atoms with E-state index in [9.17, 15) is 13.6 Å². The molecule has 0 radical (unpaired) electrons. The Hall–Kier alpha value is -2.23. The van der Waals surface area contributed by atoms with Crippen molar-refractivity contribution in [1.29, 1.82) is 0 Å². The molecule has 6 heteroatoms. The first-order chi connectivity index (χ1) is 10.1. The van der Waals surface area contributed by atoms with Gasteiger partial charge in [-0.25, -0.2) is 8.78 Å². The third-order valence-corrected chi connectivity index (χ3v) is 3.56. The number of aliphatic hydroxyl groups is 1. The molecule has 21 heavy (non-hydrogen) atoms. The van der Waals surface area contributed by atoms with Gasteiger partial charge in [-0.05, 0) is 30.3 Å². The fourth-order valence-corrected chi connectivity index (χ4v) is 2.40. The highest BCUT2D eigenvalue weighted by Crippen LogP contribution is 2.15. The Balaban J connectivity index is 1.97. The average Bonchev–Trinajstić information content (AvgIpc) is 2.93. The topological polar surface area (TPSA) is 49.3 Å². The molecule has 1 aromatic carbocycles. The summed E-state index contributed by atoms with van der Waals surface area (Å²) in [6.07, 6.45) is 0. The van der Waals surface area contributed by atoms with E-state index in [1.54, 1.807) is 12.1 Å². The lowest BCUT2D eigenvalue weighted by Gasteiger charge is -2.04. The summed E-state index contributed by atoms with van der Waals surface area (Å²) in [5.74, 6) is 2.77. The van der Waals surface area contributed by atoms with Gasteiger partial charge in [0, 0.05) is 10.4 Å². The van der Waals surface area contributed by atoms with E-state index in [2.05, 4.69) is 17.2 Å². The highest BCUT2D eigenvalue weighted by atomic mass is 32.1. The number of hydrogen-bond acceptors (Lipinski definition) is 3. The predicted octanol–water partition coefficient (Wildman–Crippen LogP) is 2.30. The largest absolute Gasteiger partial charge is 0.384 e. The Morgan fingerprint density at radius 1 is 1.24 bits per heavy atom. The minimum atomic E-state index is -1.06. The summed E-state index contributed by atoms with van der Waals surface area (Å²) in [6, 6.07) is 6.58. The number of amides is 1. The van der Waals surface area contributed by atoms with Gasteiger partial charge in [0.2, 0.25) is 0 Å². The van der Waals surface area contributed by atoms with Gasteiger partial charge in [0.15, 0.2) is 11.6 Å².